The molecule has 0 radical (unpaired) electrons. The van der Waals surface area contributed by atoms with E-state index in [2.05, 4.69) is 10.3 Å². The summed E-state index contributed by atoms with van der Waals surface area (Å²) in [7, 11) is 1.89. The lowest BCUT2D eigenvalue weighted by molar-refractivity contribution is 0.0819. The van der Waals surface area contributed by atoms with E-state index in [0.29, 0.717) is 6.61 Å². The minimum atomic E-state index is 0.702. The summed E-state index contributed by atoms with van der Waals surface area (Å²) in [4.78, 5) is 4.20. The van der Waals surface area contributed by atoms with Crippen molar-refractivity contribution >= 4 is 5.82 Å². The molecule has 18 heavy (non-hydrogen) atoms. The second-order valence-corrected chi connectivity index (χ2v) is 5.17. The molecular weight excluding hydrogens is 224 g/mol. The van der Waals surface area contributed by atoms with E-state index in [1.165, 1.54) is 44.1 Å². The van der Waals surface area contributed by atoms with Crippen molar-refractivity contribution in [3.05, 3.63) is 23.9 Å². The summed E-state index contributed by atoms with van der Waals surface area (Å²) in [6.45, 7) is 1.62. The smallest absolute Gasteiger partial charge is 0.125 e. The Labute approximate surface area is 110 Å². The second kappa shape index (κ2) is 7.37. The maximum absolute atomic E-state index is 5.86. The molecule has 1 aromatic rings. The first-order valence-corrected chi connectivity index (χ1v) is 7.09. The first kappa shape index (κ1) is 13.3. The van der Waals surface area contributed by atoms with Gasteiger partial charge in [0.2, 0.25) is 0 Å². The van der Waals surface area contributed by atoms with Gasteiger partial charge in [-0.1, -0.05) is 25.7 Å². The van der Waals surface area contributed by atoms with Gasteiger partial charge in [-0.2, -0.15) is 0 Å². The predicted octanol–water partition coefficient (Wildman–Crippen LogP) is 3.61. The van der Waals surface area contributed by atoms with Crippen LogP contribution in [0.15, 0.2) is 18.3 Å². The maximum atomic E-state index is 5.86. The van der Waals surface area contributed by atoms with Crippen LogP contribution in [0.2, 0.25) is 0 Å². The van der Waals surface area contributed by atoms with Crippen LogP contribution in [0.25, 0.3) is 0 Å². The summed E-state index contributed by atoms with van der Waals surface area (Å²) in [5.74, 6) is 1.68. The molecule has 1 aliphatic carbocycles. The molecule has 2 rings (SSSR count). The molecule has 0 atom stereocenters. The van der Waals surface area contributed by atoms with Crippen molar-refractivity contribution in [2.75, 3.05) is 19.0 Å². The summed E-state index contributed by atoms with van der Waals surface area (Å²) < 4.78 is 5.86. The number of ether oxygens (including phenoxy) is 1. The topological polar surface area (TPSA) is 34.1 Å². The number of nitrogens with one attached hydrogen (secondary N) is 1. The number of aromatic nitrogens is 1. The SMILES string of the molecule is CNc1cc(COCC2CCCCCC2)ccn1. The number of hydrogen-bond acceptors (Lipinski definition) is 3. The Balaban J connectivity index is 1.73. The van der Waals surface area contributed by atoms with Crippen molar-refractivity contribution < 1.29 is 4.74 Å². The molecule has 1 saturated carbocycles. The highest BCUT2D eigenvalue weighted by Crippen LogP contribution is 2.23. The van der Waals surface area contributed by atoms with E-state index in [4.69, 9.17) is 4.74 Å². The van der Waals surface area contributed by atoms with E-state index >= 15 is 0 Å². The van der Waals surface area contributed by atoms with E-state index < -0.39 is 0 Å². The third-order valence-electron chi connectivity index (χ3n) is 3.68. The molecule has 0 aliphatic heterocycles. The van der Waals surface area contributed by atoms with Gasteiger partial charge in [-0.15, -0.1) is 0 Å². The van der Waals surface area contributed by atoms with Gasteiger partial charge < -0.3 is 10.1 Å². The fraction of sp³-hybridized carbons (Fsp3) is 0.667. The highest BCUT2D eigenvalue weighted by molar-refractivity contribution is 5.36. The zero-order valence-corrected chi connectivity index (χ0v) is 11.3. The third kappa shape index (κ3) is 4.30. The third-order valence-corrected chi connectivity index (χ3v) is 3.68. The Bertz CT molecular complexity index is 346. The minimum Gasteiger partial charge on any atom is -0.376 e. The summed E-state index contributed by atoms with van der Waals surface area (Å²) in [5.41, 5.74) is 1.20. The van der Waals surface area contributed by atoms with Crippen molar-refractivity contribution in [2.45, 2.75) is 45.1 Å². The molecule has 1 heterocycles. The van der Waals surface area contributed by atoms with Crippen molar-refractivity contribution in [3.63, 3.8) is 0 Å². The van der Waals surface area contributed by atoms with Crippen LogP contribution in [-0.2, 0) is 11.3 Å². The first-order chi connectivity index (χ1) is 8.88. The summed E-state index contributed by atoms with van der Waals surface area (Å²) in [6.07, 6.45) is 10.1. The highest BCUT2D eigenvalue weighted by atomic mass is 16.5. The van der Waals surface area contributed by atoms with E-state index in [-0.39, 0.29) is 0 Å². The van der Waals surface area contributed by atoms with Crippen LogP contribution < -0.4 is 5.32 Å². The van der Waals surface area contributed by atoms with E-state index in [1.54, 1.807) is 0 Å². The lowest BCUT2D eigenvalue weighted by Gasteiger charge is -2.14. The predicted molar refractivity (Wildman–Crippen MR) is 74.6 cm³/mol. The molecule has 0 saturated heterocycles. The molecule has 1 N–H and O–H groups in total. The standard InChI is InChI=1S/C15H24N2O/c1-16-15-10-14(8-9-17-15)12-18-11-13-6-4-2-3-5-7-13/h8-10,13H,2-7,11-12H2,1H3,(H,16,17). The van der Waals surface area contributed by atoms with Crippen LogP contribution in [-0.4, -0.2) is 18.6 Å². The zero-order valence-electron chi connectivity index (χ0n) is 11.3. The Morgan fingerprint density at radius 2 is 2.06 bits per heavy atom. The van der Waals surface area contributed by atoms with Gasteiger partial charge in [0.1, 0.15) is 5.82 Å². The van der Waals surface area contributed by atoms with Gasteiger partial charge in [0.25, 0.3) is 0 Å². The van der Waals surface area contributed by atoms with Crippen molar-refractivity contribution in [1.29, 1.82) is 0 Å². The molecule has 3 heteroatoms. The molecule has 100 valence electrons. The summed E-state index contributed by atoms with van der Waals surface area (Å²) in [6, 6.07) is 4.07. The molecule has 0 amide bonds. The lowest BCUT2D eigenvalue weighted by atomic mass is 10.0. The van der Waals surface area contributed by atoms with E-state index in [9.17, 15) is 0 Å². The minimum absolute atomic E-state index is 0.702. The van der Waals surface area contributed by atoms with Gasteiger partial charge in [0.05, 0.1) is 6.61 Å². The van der Waals surface area contributed by atoms with Gasteiger partial charge >= 0.3 is 0 Å². The Morgan fingerprint density at radius 1 is 1.28 bits per heavy atom. The van der Waals surface area contributed by atoms with Gasteiger partial charge in [-0.25, -0.2) is 4.98 Å². The average molecular weight is 248 g/mol. The Hall–Kier alpha value is -1.09. The van der Waals surface area contributed by atoms with E-state index in [1.807, 2.05) is 25.4 Å². The van der Waals surface area contributed by atoms with Crippen LogP contribution in [0, 0.1) is 5.92 Å². The molecule has 0 unspecified atom stereocenters. The molecule has 0 bridgehead atoms. The molecule has 0 aromatic carbocycles. The normalized spacial score (nSPS) is 17.4. The number of rotatable bonds is 5. The maximum Gasteiger partial charge on any atom is 0.125 e. The number of nitrogens with zero attached hydrogens (tertiary/aromatic N) is 1. The second-order valence-electron chi connectivity index (χ2n) is 5.17. The van der Waals surface area contributed by atoms with E-state index in [0.717, 1.165) is 18.3 Å². The van der Waals surface area contributed by atoms with Crippen molar-refractivity contribution in [2.24, 2.45) is 5.92 Å². The fourth-order valence-corrected chi connectivity index (χ4v) is 2.57. The van der Waals surface area contributed by atoms with Crippen LogP contribution in [0.4, 0.5) is 5.82 Å². The van der Waals surface area contributed by atoms with Gasteiger partial charge in [-0.3, -0.25) is 0 Å². The Morgan fingerprint density at radius 3 is 2.78 bits per heavy atom. The molecule has 1 aliphatic rings. The number of anilines is 1. The van der Waals surface area contributed by atoms with Crippen molar-refractivity contribution in [3.8, 4) is 0 Å². The first-order valence-electron chi connectivity index (χ1n) is 7.09. The van der Waals surface area contributed by atoms with Gasteiger partial charge in [0.15, 0.2) is 0 Å². The number of hydrogen-bond donors (Lipinski definition) is 1. The molecule has 1 fully saturated rings. The summed E-state index contributed by atoms with van der Waals surface area (Å²) in [5, 5.41) is 3.05. The van der Waals surface area contributed by atoms with Crippen LogP contribution >= 0.6 is 0 Å². The van der Waals surface area contributed by atoms with Crippen molar-refractivity contribution in [1.82, 2.24) is 4.98 Å². The summed E-state index contributed by atoms with van der Waals surface area (Å²) >= 11 is 0. The van der Waals surface area contributed by atoms with Crippen LogP contribution in [0.5, 0.6) is 0 Å². The quantitative estimate of drug-likeness (QED) is 0.808. The van der Waals surface area contributed by atoms with Gasteiger partial charge in [0, 0.05) is 19.9 Å². The molecular formula is C15H24N2O. The molecule has 0 spiro atoms. The van der Waals surface area contributed by atoms with Crippen LogP contribution in [0.1, 0.15) is 44.1 Å². The monoisotopic (exact) mass is 248 g/mol. The fourth-order valence-electron chi connectivity index (χ4n) is 2.57. The zero-order chi connectivity index (χ0) is 12.6. The van der Waals surface area contributed by atoms with Crippen LogP contribution in [0.3, 0.4) is 0 Å². The number of pyridine rings is 1. The highest BCUT2D eigenvalue weighted by Gasteiger charge is 2.12. The molecule has 3 nitrogen and oxygen atoms in total. The lowest BCUT2D eigenvalue weighted by Crippen LogP contribution is -2.09. The largest absolute Gasteiger partial charge is 0.376 e. The van der Waals surface area contributed by atoms with Gasteiger partial charge in [-0.05, 0) is 36.5 Å². The molecule has 1 aromatic heterocycles. The average Bonchev–Trinajstić information content (AvgIpc) is 2.68. The Kier molecular flexibility index (Phi) is 5.46.